The van der Waals surface area contributed by atoms with Crippen molar-refractivity contribution in [3.63, 3.8) is 0 Å². The number of carbonyl (C=O) groups is 1. The maximum Gasteiger partial charge on any atom is 0.165 e. The van der Waals surface area contributed by atoms with Gasteiger partial charge in [-0.25, -0.2) is 4.98 Å². The fraction of sp³-hybridized carbons (Fsp3) is 0.562. The van der Waals surface area contributed by atoms with Gasteiger partial charge in [0.05, 0.1) is 0 Å². The zero-order valence-corrected chi connectivity index (χ0v) is 23.7. The van der Waals surface area contributed by atoms with E-state index in [4.69, 9.17) is 4.98 Å². The molecule has 1 aromatic carbocycles. The second-order valence-electron chi connectivity index (χ2n) is 11.1. The Labute approximate surface area is 224 Å². The van der Waals surface area contributed by atoms with Crippen LogP contribution < -0.4 is 9.80 Å². The Morgan fingerprint density at radius 3 is 2.43 bits per heavy atom. The first-order chi connectivity index (χ1) is 17.9. The van der Waals surface area contributed by atoms with Crippen LogP contribution in [0.4, 0.5) is 11.5 Å². The number of nitrogens with zero attached hydrogens (tertiary/aromatic N) is 4. The van der Waals surface area contributed by atoms with Gasteiger partial charge in [-0.2, -0.15) is 0 Å². The van der Waals surface area contributed by atoms with E-state index in [1.165, 1.54) is 42.6 Å². The van der Waals surface area contributed by atoms with Crippen LogP contribution in [-0.2, 0) is 0 Å². The normalized spacial score (nSPS) is 18.5. The van der Waals surface area contributed by atoms with Gasteiger partial charge in [-0.15, -0.1) is 0 Å². The van der Waals surface area contributed by atoms with Crippen molar-refractivity contribution in [1.29, 1.82) is 0 Å². The number of pyridine rings is 1. The van der Waals surface area contributed by atoms with Crippen molar-refractivity contribution in [2.75, 3.05) is 55.6 Å². The van der Waals surface area contributed by atoms with Crippen LogP contribution in [0.3, 0.4) is 0 Å². The van der Waals surface area contributed by atoms with Gasteiger partial charge in [0.15, 0.2) is 5.78 Å². The van der Waals surface area contributed by atoms with Crippen molar-refractivity contribution < 1.29 is 4.79 Å². The quantitative estimate of drug-likeness (QED) is 0.372. The van der Waals surface area contributed by atoms with E-state index in [2.05, 4.69) is 78.8 Å². The van der Waals surface area contributed by atoms with Crippen molar-refractivity contribution in [2.45, 2.75) is 60.3 Å². The highest BCUT2D eigenvalue weighted by atomic mass is 16.1. The molecule has 37 heavy (non-hydrogen) atoms. The molecule has 0 saturated carbocycles. The lowest BCUT2D eigenvalue weighted by molar-refractivity contribution is 0.0926. The summed E-state index contributed by atoms with van der Waals surface area (Å²) in [6.07, 6.45) is 11.0. The molecule has 3 heterocycles. The van der Waals surface area contributed by atoms with Gasteiger partial charge in [0.2, 0.25) is 0 Å². The molecule has 1 unspecified atom stereocenters. The minimum Gasteiger partial charge on any atom is -0.369 e. The highest BCUT2D eigenvalue weighted by Crippen LogP contribution is 2.27. The highest BCUT2D eigenvalue weighted by molar-refractivity contribution is 5.99. The summed E-state index contributed by atoms with van der Waals surface area (Å²) in [5, 5.41) is 0. The average Bonchev–Trinajstić information content (AvgIpc) is 2.93. The molecule has 0 amide bonds. The molecule has 2 saturated heterocycles. The van der Waals surface area contributed by atoms with Crippen molar-refractivity contribution in [1.82, 2.24) is 9.88 Å². The van der Waals surface area contributed by atoms with Crippen LogP contribution in [0.25, 0.3) is 6.08 Å². The number of aryl methyl sites for hydroxylation is 2. The van der Waals surface area contributed by atoms with Gasteiger partial charge < -0.3 is 9.80 Å². The topological polar surface area (TPSA) is 39.7 Å². The van der Waals surface area contributed by atoms with Crippen LogP contribution >= 0.6 is 0 Å². The Kier molecular flexibility index (Phi) is 9.42. The molecule has 0 radical (unpaired) electrons. The maximum atomic E-state index is 12.8. The van der Waals surface area contributed by atoms with E-state index < -0.39 is 0 Å². The smallest absolute Gasteiger partial charge is 0.165 e. The van der Waals surface area contributed by atoms with E-state index in [1.807, 2.05) is 13.1 Å². The zero-order chi connectivity index (χ0) is 26.4. The number of aromatic nitrogens is 1. The van der Waals surface area contributed by atoms with Gasteiger partial charge in [0.1, 0.15) is 5.82 Å². The van der Waals surface area contributed by atoms with E-state index in [0.29, 0.717) is 0 Å². The molecule has 1 aromatic heterocycles. The molecule has 2 aromatic rings. The van der Waals surface area contributed by atoms with E-state index in [1.54, 1.807) is 0 Å². The van der Waals surface area contributed by atoms with Crippen molar-refractivity contribution in [3.05, 3.63) is 58.8 Å². The third-order valence-electron chi connectivity index (χ3n) is 8.55. The molecular weight excluding hydrogens is 456 g/mol. The molecule has 2 fully saturated rings. The lowest BCUT2D eigenvalue weighted by Crippen LogP contribution is -2.47. The fourth-order valence-electron chi connectivity index (χ4n) is 5.63. The standard InChI is InChI=1S/C32H46N4O/c1-6-8-28-21-31(33-23-26(28)5)36-15-12-27(13-16-36)11-14-34-17-19-35(20-18-34)29-10-9-25(4)30(22-29)32(37)24(3)7-2/h6,8-10,21-24,27H,7,11-20H2,1-5H3/b8-6-. The molecule has 2 aliphatic heterocycles. The lowest BCUT2D eigenvalue weighted by Gasteiger charge is -2.38. The predicted molar refractivity (Wildman–Crippen MR) is 157 cm³/mol. The fourth-order valence-corrected chi connectivity index (χ4v) is 5.63. The Morgan fingerprint density at radius 1 is 1.03 bits per heavy atom. The summed E-state index contributed by atoms with van der Waals surface area (Å²) in [5.41, 5.74) is 5.71. The minimum atomic E-state index is 0.0847. The summed E-state index contributed by atoms with van der Waals surface area (Å²) in [4.78, 5) is 25.1. The number of hydrogen-bond acceptors (Lipinski definition) is 5. The Bertz CT molecular complexity index is 1080. The third-order valence-corrected chi connectivity index (χ3v) is 8.55. The number of ketones is 1. The van der Waals surface area contributed by atoms with Crippen LogP contribution in [0.15, 0.2) is 36.5 Å². The molecule has 4 rings (SSSR count). The minimum absolute atomic E-state index is 0.0847. The molecule has 0 bridgehead atoms. The SMILES string of the molecule is C/C=C\c1cc(N2CCC(CCN3CCN(c4ccc(C)c(C(=O)C(C)CC)c4)CC3)CC2)ncc1C. The first kappa shape index (κ1) is 27.4. The maximum absolute atomic E-state index is 12.8. The Balaban J connectivity index is 1.23. The number of benzene rings is 1. The number of anilines is 2. The molecular formula is C32H46N4O. The summed E-state index contributed by atoms with van der Waals surface area (Å²) in [6, 6.07) is 8.69. The molecule has 0 N–H and O–H groups in total. The Hall–Kier alpha value is -2.66. The zero-order valence-electron chi connectivity index (χ0n) is 23.7. The van der Waals surface area contributed by atoms with Gasteiger partial charge in [0.25, 0.3) is 0 Å². The number of Topliss-reactive ketones (excluding diaryl/α,β-unsaturated/α-hetero) is 1. The Morgan fingerprint density at radius 2 is 1.76 bits per heavy atom. The van der Waals surface area contributed by atoms with Crippen LogP contribution in [0, 0.1) is 25.7 Å². The van der Waals surface area contributed by atoms with E-state index in [9.17, 15) is 4.79 Å². The summed E-state index contributed by atoms with van der Waals surface area (Å²) in [5.74, 6) is 2.30. The van der Waals surface area contributed by atoms with E-state index >= 15 is 0 Å². The van der Waals surface area contributed by atoms with Gasteiger partial charge in [-0.05, 0) is 93.8 Å². The average molecular weight is 503 g/mol. The lowest BCUT2D eigenvalue weighted by atomic mass is 9.93. The number of hydrogen-bond donors (Lipinski definition) is 0. The van der Waals surface area contributed by atoms with Crippen LogP contribution in [0.2, 0.25) is 0 Å². The molecule has 2 aliphatic rings. The summed E-state index contributed by atoms with van der Waals surface area (Å²) < 4.78 is 0. The molecule has 200 valence electrons. The van der Waals surface area contributed by atoms with Gasteiger partial charge >= 0.3 is 0 Å². The number of rotatable bonds is 9. The molecule has 5 nitrogen and oxygen atoms in total. The van der Waals surface area contributed by atoms with E-state index in [-0.39, 0.29) is 11.7 Å². The summed E-state index contributed by atoms with van der Waals surface area (Å²) in [6.45, 7) is 18.1. The van der Waals surface area contributed by atoms with Crippen LogP contribution in [-0.4, -0.2) is 61.5 Å². The molecule has 1 atom stereocenters. The van der Waals surface area contributed by atoms with Gasteiger partial charge in [-0.3, -0.25) is 9.69 Å². The second-order valence-corrected chi connectivity index (χ2v) is 11.1. The molecule has 0 spiro atoms. The van der Waals surface area contributed by atoms with Crippen LogP contribution in [0.1, 0.15) is 73.5 Å². The van der Waals surface area contributed by atoms with Crippen molar-refractivity contribution in [3.8, 4) is 0 Å². The highest BCUT2D eigenvalue weighted by Gasteiger charge is 2.24. The first-order valence-electron chi connectivity index (χ1n) is 14.4. The summed E-state index contributed by atoms with van der Waals surface area (Å²) >= 11 is 0. The second kappa shape index (κ2) is 12.7. The monoisotopic (exact) mass is 502 g/mol. The number of allylic oxidation sites excluding steroid dienone is 1. The van der Waals surface area contributed by atoms with Crippen LogP contribution in [0.5, 0.6) is 0 Å². The predicted octanol–water partition coefficient (Wildman–Crippen LogP) is 6.39. The van der Waals surface area contributed by atoms with Gasteiger partial charge in [0, 0.05) is 62.6 Å². The van der Waals surface area contributed by atoms with Gasteiger partial charge in [-0.1, -0.05) is 32.1 Å². The number of piperidine rings is 1. The summed E-state index contributed by atoms with van der Waals surface area (Å²) in [7, 11) is 0. The first-order valence-corrected chi connectivity index (χ1v) is 14.4. The van der Waals surface area contributed by atoms with Crippen molar-refractivity contribution >= 4 is 23.4 Å². The number of piperazine rings is 1. The van der Waals surface area contributed by atoms with Crippen molar-refractivity contribution in [2.24, 2.45) is 11.8 Å². The third kappa shape index (κ3) is 6.81. The van der Waals surface area contributed by atoms with E-state index in [0.717, 1.165) is 68.6 Å². The largest absolute Gasteiger partial charge is 0.369 e. The number of carbonyl (C=O) groups excluding carboxylic acids is 1. The molecule has 0 aliphatic carbocycles. The molecule has 5 heteroatoms.